The molecule has 0 radical (unpaired) electrons. The maximum absolute atomic E-state index is 6.02. The van der Waals surface area contributed by atoms with Gasteiger partial charge in [-0.25, -0.2) is 0 Å². The quantitative estimate of drug-likeness (QED) is 0.781. The minimum Gasteiger partial charge on any atom is -0.398 e. The number of hydrogen-bond donors (Lipinski definition) is 2. The first-order valence-electron chi connectivity index (χ1n) is 6.54. The topological polar surface area (TPSA) is 38.0 Å². The lowest BCUT2D eigenvalue weighted by Crippen LogP contribution is -2.22. The van der Waals surface area contributed by atoms with Gasteiger partial charge in [0.15, 0.2) is 0 Å². The van der Waals surface area contributed by atoms with Crippen molar-refractivity contribution in [3.05, 3.63) is 63.6 Å². The Bertz CT molecular complexity index is 599. The summed E-state index contributed by atoms with van der Waals surface area (Å²) >= 11 is 12.0. The number of nitrogen functional groups attached to an aromatic ring is 1. The van der Waals surface area contributed by atoms with Crippen LogP contribution < -0.4 is 11.1 Å². The highest BCUT2D eigenvalue weighted by Crippen LogP contribution is 2.25. The Morgan fingerprint density at radius 2 is 1.60 bits per heavy atom. The number of anilines is 1. The third-order valence-electron chi connectivity index (χ3n) is 3.37. The summed E-state index contributed by atoms with van der Waals surface area (Å²) < 4.78 is 0. The number of hydrogen-bond acceptors (Lipinski definition) is 2. The van der Waals surface area contributed by atoms with Crippen LogP contribution in [0, 0.1) is 0 Å². The van der Waals surface area contributed by atoms with E-state index in [0.717, 1.165) is 16.1 Å². The van der Waals surface area contributed by atoms with E-state index in [-0.39, 0.29) is 12.1 Å². The van der Waals surface area contributed by atoms with Crippen LogP contribution in [0.2, 0.25) is 10.0 Å². The van der Waals surface area contributed by atoms with Crippen molar-refractivity contribution < 1.29 is 0 Å². The van der Waals surface area contributed by atoms with Gasteiger partial charge in [-0.05, 0) is 49.2 Å². The fourth-order valence-corrected chi connectivity index (χ4v) is 2.49. The van der Waals surface area contributed by atoms with Crippen LogP contribution in [0.25, 0.3) is 0 Å². The van der Waals surface area contributed by atoms with Crippen LogP contribution in [-0.2, 0) is 0 Å². The van der Waals surface area contributed by atoms with Gasteiger partial charge in [-0.15, -0.1) is 0 Å². The Labute approximate surface area is 129 Å². The highest BCUT2D eigenvalue weighted by Gasteiger charge is 2.12. The van der Waals surface area contributed by atoms with Crippen molar-refractivity contribution in [3.63, 3.8) is 0 Å². The Kier molecular flexibility index (Phi) is 4.92. The zero-order valence-corrected chi connectivity index (χ0v) is 13.0. The van der Waals surface area contributed by atoms with Crippen LogP contribution >= 0.6 is 23.2 Å². The maximum atomic E-state index is 6.02. The second-order valence-corrected chi connectivity index (χ2v) is 5.79. The van der Waals surface area contributed by atoms with Gasteiger partial charge < -0.3 is 11.1 Å². The van der Waals surface area contributed by atoms with Gasteiger partial charge in [-0.1, -0.05) is 41.4 Å². The molecule has 2 aromatic rings. The van der Waals surface area contributed by atoms with Crippen LogP contribution in [0.5, 0.6) is 0 Å². The summed E-state index contributed by atoms with van der Waals surface area (Å²) in [5.74, 6) is 0. The van der Waals surface area contributed by atoms with Gasteiger partial charge in [0.1, 0.15) is 0 Å². The molecule has 2 nitrogen and oxygen atoms in total. The lowest BCUT2D eigenvalue weighted by Gasteiger charge is -2.21. The third kappa shape index (κ3) is 3.66. The van der Waals surface area contributed by atoms with E-state index in [9.17, 15) is 0 Å². The molecule has 0 heterocycles. The zero-order chi connectivity index (χ0) is 14.7. The van der Waals surface area contributed by atoms with Crippen molar-refractivity contribution in [2.24, 2.45) is 0 Å². The second-order valence-electron chi connectivity index (χ2n) is 4.95. The molecule has 20 heavy (non-hydrogen) atoms. The second kappa shape index (κ2) is 6.49. The SMILES string of the molecule is CC(N[C@H](C)c1cccc(Cl)c1)c1ccc(Cl)c(N)c1. The van der Waals surface area contributed by atoms with Gasteiger partial charge in [-0.2, -0.15) is 0 Å². The van der Waals surface area contributed by atoms with E-state index in [2.05, 4.69) is 25.2 Å². The average Bonchev–Trinajstić information content (AvgIpc) is 2.41. The molecular weight excluding hydrogens is 291 g/mol. The smallest absolute Gasteiger partial charge is 0.0635 e. The first-order chi connectivity index (χ1) is 9.47. The fourth-order valence-electron chi connectivity index (χ4n) is 2.17. The number of nitrogens with one attached hydrogen (secondary N) is 1. The summed E-state index contributed by atoms with van der Waals surface area (Å²) in [4.78, 5) is 0. The lowest BCUT2D eigenvalue weighted by atomic mass is 10.0. The van der Waals surface area contributed by atoms with Crippen LogP contribution in [0.15, 0.2) is 42.5 Å². The molecule has 0 amide bonds. The fraction of sp³-hybridized carbons (Fsp3) is 0.250. The van der Waals surface area contributed by atoms with E-state index in [1.807, 2.05) is 36.4 Å². The minimum atomic E-state index is 0.170. The van der Waals surface area contributed by atoms with E-state index < -0.39 is 0 Å². The summed E-state index contributed by atoms with van der Waals surface area (Å²) in [5, 5.41) is 4.87. The molecule has 0 saturated heterocycles. The molecule has 0 aliphatic carbocycles. The van der Waals surface area contributed by atoms with Gasteiger partial charge in [-0.3, -0.25) is 0 Å². The van der Waals surface area contributed by atoms with Gasteiger partial charge in [0, 0.05) is 17.1 Å². The molecule has 3 N–H and O–H groups in total. The Morgan fingerprint density at radius 3 is 2.20 bits per heavy atom. The molecule has 0 aromatic heterocycles. The summed E-state index contributed by atoms with van der Waals surface area (Å²) in [6, 6.07) is 14.0. The van der Waals surface area contributed by atoms with Gasteiger partial charge >= 0.3 is 0 Å². The average molecular weight is 309 g/mol. The molecule has 0 aliphatic rings. The predicted octanol–water partition coefficient (Wildman–Crippen LogP) is 4.99. The Hall–Kier alpha value is -1.22. The summed E-state index contributed by atoms with van der Waals surface area (Å²) in [5.41, 5.74) is 8.72. The molecule has 0 fully saturated rings. The maximum Gasteiger partial charge on any atom is 0.0635 e. The molecule has 0 bridgehead atoms. The first kappa shape index (κ1) is 15.2. The molecule has 0 spiro atoms. The van der Waals surface area contributed by atoms with Crippen LogP contribution in [0.3, 0.4) is 0 Å². The van der Waals surface area contributed by atoms with Crippen molar-refractivity contribution in [1.82, 2.24) is 5.32 Å². The van der Waals surface area contributed by atoms with Crippen molar-refractivity contribution >= 4 is 28.9 Å². The van der Waals surface area contributed by atoms with Gasteiger partial charge in [0.05, 0.1) is 10.7 Å². The van der Waals surface area contributed by atoms with Crippen molar-refractivity contribution in [2.45, 2.75) is 25.9 Å². The van der Waals surface area contributed by atoms with Crippen LogP contribution in [-0.4, -0.2) is 0 Å². The first-order valence-corrected chi connectivity index (χ1v) is 7.29. The monoisotopic (exact) mass is 308 g/mol. The Morgan fingerprint density at radius 1 is 0.950 bits per heavy atom. The number of rotatable bonds is 4. The van der Waals surface area contributed by atoms with Gasteiger partial charge in [0.2, 0.25) is 0 Å². The Balaban J connectivity index is 2.10. The molecule has 2 atom stereocenters. The normalized spacial score (nSPS) is 14.0. The largest absolute Gasteiger partial charge is 0.398 e. The van der Waals surface area contributed by atoms with Gasteiger partial charge in [0.25, 0.3) is 0 Å². The number of halogens is 2. The molecule has 0 aliphatic heterocycles. The zero-order valence-electron chi connectivity index (χ0n) is 11.5. The molecule has 1 unspecified atom stereocenters. The summed E-state index contributed by atoms with van der Waals surface area (Å²) in [6.07, 6.45) is 0. The van der Waals surface area contributed by atoms with E-state index in [1.54, 1.807) is 0 Å². The third-order valence-corrected chi connectivity index (χ3v) is 3.95. The number of nitrogens with two attached hydrogens (primary N) is 1. The van der Waals surface area contributed by atoms with Crippen molar-refractivity contribution in [2.75, 3.05) is 5.73 Å². The molecule has 4 heteroatoms. The van der Waals surface area contributed by atoms with Crippen LogP contribution in [0.4, 0.5) is 5.69 Å². The van der Waals surface area contributed by atoms with E-state index in [1.165, 1.54) is 0 Å². The minimum absolute atomic E-state index is 0.170. The highest BCUT2D eigenvalue weighted by molar-refractivity contribution is 6.33. The molecule has 0 saturated carbocycles. The molecule has 2 aromatic carbocycles. The highest BCUT2D eigenvalue weighted by atomic mass is 35.5. The van der Waals surface area contributed by atoms with Crippen LogP contribution in [0.1, 0.15) is 37.1 Å². The lowest BCUT2D eigenvalue weighted by molar-refractivity contribution is 0.495. The standard InChI is InChI=1S/C16H18Cl2N2/c1-10(12-4-3-5-14(17)8-12)20-11(2)13-6-7-15(18)16(19)9-13/h3-11,20H,19H2,1-2H3/t10-,11?/m1/s1. The molecule has 2 rings (SSSR count). The molecule has 106 valence electrons. The number of benzene rings is 2. The predicted molar refractivity (Wildman–Crippen MR) is 87.3 cm³/mol. The van der Waals surface area contributed by atoms with Crippen molar-refractivity contribution in [3.8, 4) is 0 Å². The van der Waals surface area contributed by atoms with E-state index in [0.29, 0.717) is 10.7 Å². The van der Waals surface area contributed by atoms with E-state index in [4.69, 9.17) is 28.9 Å². The summed E-state index contributed by atoms with van der Waals surface area (Å²) in [7, 11) is 0. The van der Waals surface area contributed by atoms with E-state index >= 15 is 0 Å². The van der Waals surface area contributed by atoms with Crippen molar-refractivity contribution in [1.29, 1.82) is 0 Å². The molecular formula is C16H18Cl2N2. The summed E-state index contributed by atoms with van der Waals surface area (Å²) in [6.45, 7) is 4.21.